The number of pyridine rings is 1. The minimum atomic E-state index is -1.25. The van der Waals surface area contributed by atoms with Crippen LogP contribution in [0, 0.1) is 0 Å². The molecule has 108 valence electrons. The Labute approximate surface area is 115 Å². The second-order valence-electron chi connectivity index (χ2n) is 3.86. The number of carboxylic acid groups (broad SMARTS) is 1. The molecule has 0 aliphatic heterocycles. The number of anilines is 1. The summed E-state index contributed by atoms with van der Waals surface area (Å²) in [6.07, 6.45) is 2.11. The summed E-state index contributed by atoms with van der Waals surface area (Å²) in [6, 6.07) is 2.23. The monoisotopic (exact) mass is 280 g/mol. The smallest absolute Gasteiger partial charge is 0.356 e. The van der Waals surface area contributed by atoms with E-state index in [9.17, 15) is 14.4 Å². The van der Waals surface area contributed by atoms with Crippen LogP contribution in [0.3, 0.4) is 0 Å². The van der Waals surface area contributed by atoms with Gasteiger partial charge in [-0.3, -0.25) is 4.79 Å². The summed E-state index contributed by atoms with van der Waals surface area (Å²) in [5.74, 6) is -1.56. The molecule has 0 atom stereocenters. The van der Waals surface area contributed by atoms with Crippen molar-refractivity contribution in [1.82, 2.24) is 15.6 Å². The molecule has 0 spiro atoms. The Balaban J connectivity index is 2.51. The molecule has 4 N–H and O–H groups in total. The molecule has 0 radical (unpaired) electrons. The normalized spacial score (nSPS) is 9.65. The molecule has 8 nitrogen and oxygen atoms in total. The number of carbonyl (C=O) groups excluding carboxylic acids is 2. The van der Waals surface area contributed by atoms with E-state index in [2.05, 4.69) is 20.9 Å². The van der Waals surface area contributed by atoms with Gasteiger partial charge in [0.2, 0.25) is 5.91 Å². The van der Waals surface area contributed by atoms with Crippen molar-refractivity contribution >= 4 is 23.6 Å². The summed E-state index contributed by atoms with van der Waals surface area (Å²) in [6.45, 7) is 2.26. The van der Waals surface area contributed by atoms with Crippen LogP contribution in [0.25, 0.3) is 0 Å². The van der Waals surface area contributed by atoms with Gasteiger partial charge in [0, 0.05) is 12.7 Å². The van der Waals surface area contributed by atoms with Gasteiger partial charge in [0.05, 0.1) is 12.2 Å². The number of aromatic nitrogens is 1. The second-order valence-corrected chi connectivity index (χ2v) is 3.86. The zero-order chi connectivity index (χ0) is 15.0. The third-order valence-corrected chi connectivity index (χ3v) is 2.24. The summed E-state index contributed by atoms with van der Waals surface area (Å²) >= 11 is 0. The van der Waals surface area contributed by atoms with Crippen molar-refractivity contribution in [2.75, 3.05) is 18.4 Å². The molecule has 1 rings (SSSR count). The third kappa shape index (κ3) is 4.92. The Morgan fingerprint density at radius 1 is 1.30 bits per heavy atom. The van der Waals surface area contributed by atoms with Gasteiger partial charge in [-0.05, 0) is 18.6 Å². The molecule has 0 saturated heterocycles. The number of hydrogen-bond donors (Lipinski definition) is 4. The first-order valence-electron chi connectivity index (χ1n) is 6.04. The molecule has 1 heterocycles. The van der Waals surface area contributed by atoms with Gasteiger partial charge in [0.25, 0.3) is 0 Å². The highest BCUT2D eigenvalue weighted by molar-refractivity contribution is 5.99. The predicted octanol–water partition coefficient (Wildman–Crippen LogP) is 0.427. The van der Waals surface area contributed by atoms with E-state index in [0.29, 0.717) is 6.54 Å². The Bertz CT molecular complexity index is 504. The average molecular weight is 280 g/mol. The quantitative estimate of drug-likeness (QED) is 0.602. The summed E-state index contributed by atoms with van der Waals surface area (Å²) in [5.41, 5.74) is -0.204. The van der Waals surface area contributed by atoms with Gasteiger partial charge < -0.3 is 21.1 Å². The number of hydrogen-bond acceptors (Lipinski definition) is 4. The van der Waals surface area contributed by atoms with Crippen molar-refractivity contribution in [1.29, 1.82) is 0 Å². The van der Waals surface area contributed by atoms with Crippen molar-refractivity contribution in [2.45, 2.75) is 13.3 Å². The topological polar surface area (TPSA) is 120 Å². The molecule has 0 fully saturated rings. The van der Waals surface area contributed by atoms with Gasteiger partial charge in [0.15, 0.2) is 5.69 Å². The van der Waals surface area contributed by atoms with E-state index in [4.69, 9.17) is 5.11 Å². The summed E-state index contributed by atoms with van der Waals surface area (Å²) in [7, 11) is 0. The van der Waals surface area contributed by atoms with Gasteiger partial charge in [-0.25, -0.2) is 14.6 Å². The van der Waals surface area contributed by atoms with E-state index in [1.165, 1.54) is 18.3 Å². The summed E-state index contributed by atoms with van der Waals surface area (Å²) < 4.78 is 0. The first-order chi connectivity index (χ1) is 9.54. The molecule has 0 saturated carbocycles. The van der Waals surface area contributed by atoms with Crippen LogP contribution in [0.4, 0.5) is 10.5 Å². The van der Waals surface area contributed by atoms with E-state index in [0.717, 1.165) is 6.42 Å². The Morgan fingerprint density at radius 3 is 2.70 bits per heavy atom. The van der Waals surface area contributed by atoms with Crippen LogP contribution in [0.1, 0.15) is 23.8 Å². The van der Waals surface area contributed by atoms with E-state index in [1.54, 1.807) is 0 Å². The fourth-order valence-electron chi connectivity index (χ4n) is 1.33. The van der Waals surface area contributed by atoms with Crippen LogP contribution < -0.4 is 16.0 Å². The largest absolute Gasteiger partial charge is 0.476 e. The highest BCUT2D eigenvalue weighted by Crippen LogP contribution is 2.11. The minimum Gasteiger partial charge on any atom is -0.476 e. The zero-order valence-corrected chi connectivity index (χ0v) is 11.0. The lowest BCUT2D eigenvalue weighted by Gasteiger charge is -2.09. The number of rotatable bonds is 6. The molecule has 0 bridgehead atoms. The maximum atomic E-state index is 11.5. The standard InChI is InChI=1S/C12H16N4O4/c1-2-5-13-9(17)7-15-12(20)16-8-4-3-6-14-10(8)11(18)19/h3-4,6H,2,5,7H2,1H3,(H,13,17)(H,18,19)(H2,15,16,20). The van der Waals surface area contributed by atoms with Crippen molar-refractivity contribution in [3.8, 4) is 0 Å². The second kappa shape index (κ2) is 7.72. The van der Waals surface area contributed by atoms with Gasteiger partial charge >= 0.3 is 12.0 Å². The first kappa shape index (κ1) is 15.4. The van der Waals surface area contributed by atoms with Crippen molar-refractivity contribution in [2.24, 2.45) is 0 Å². The molecule has 0 unspecified atom stereocenters. The number of urea groups is 1. The Hall–Kier alpha value is -2.64. The summed E-state index contributed by atoms with van der Waals surface area (Å²) in [4.78, 5) is 37.4. The van der Waals surface area contributed by atoms with E-state index < -0.39 is 12.0 Å². The molecular formula is C12H16N4O4. The number of aromatic carboxylic acids is 1. The van der Waals surface area contributed by atoms with E-state index in [-0.39, 0.29) is 23.8 Å². The number of carbonyl (C=O) groups is 3. The zero-order valence-electron chi connectivity index (χ0n) is 11.0. The van der Waals surface area contributed by atoms with Crippen LogP contribution in [0.2, 0.25) is 0 Å². The maximum absolute atomic E-state index is 11.5. The number of nitrogens with zero attached hydrogens (tertiary/aromatic N) is 1. The Morgan fingerprint density at radius 2 is 2.05 bits per heavy atom. The van der Waals surface area contributed by atoms with Crippen molar-refractivity contribution in [3.63, 3.8) is 0 Å². The van der Waals surface area contributed by atoms with Crippen molar-refractivity contribution < 1.29 is 19.5 Å². The first-order valence-corrected chi connectivity index (χ1v) is 6.04. The third-order valence-electron chi connectivity index (χ3n) is 2.24. The lowest BCUT2D eigenvalue weighted by Crippen LogP contribution is -2.39. The molecule has 1 aromatic heterocycles. The molecule has 3 amide bonds. The maximum Gasteiger partial charge on any atom is 0.356 e. The van der Waals surface area contributed by atoms with E-state index >= 15 is 0 Å². The average Bonchev–Trinajstić information content (AvgIpc) is 2.43. The van der Waals surface area contributed by atoms with Gasteiger partial charge in [-0.1, -0.05) is 6.92 Å². The van der Waals surface area contributed by atoms with Crippen LogP contribution in [0.5, 0.6) is 0 Å². The highest BCUT2D eigenvalue weighted by Gasteiger charge is 2.13. The van der Waals surface area contributed by atoms with Gasteiger partial charge in [0.1, 0.15) is 0 Å². The SMILES string of the molecule is CCCNC(=O)CNC(=O)Nc1cccnc1C(=O)O. The molecule has 0 aliphatic rings. The number of carboxylic acids is 1. The molecule has 1 aromatic rings. The Kier molecular flexibility index (Phi) is 5.95. The summed E-state index contributed by atoms with van der Waals surface area (Å²) in [5, 5.41) is 16.1. The molecule has 8 heteroatoms. The van der Waals surface area contributed by atoms with Crippen molar-refractivity contribution in [3.05, 3.63) is 24.0 Å². The molecular weight excluding hydrogens is 264 g/mol. The van der Waals surface area contributed by atoms with Crippen LogP contribution >= 0.6 is 0 Å². The highest BCUT2D eigenvalue weighted by atomic mass is 16.4. The van der Waals surface area contributed by atoms with E-state index in [1.807, 2.05) is 6.92 Å². The van der Waals surface area contributed by atoms with Gasteiger partial charge in [-0.2, -0.15) is 0 Å². The fraction of sp³-hybridized carbons (Fsp3) is 0.333. The lowest BCUT2D eigenvalue weighted by atomic mass is 10.3. The fourth-order valence-corrected chi connectivity index (χ4v) is 1.33. The number of amides is 3. The predicted molar refractivity (Wildman–Crippen MR) is 71.5 cm³/mol. The van der Waals surface area contributed by atoms with Crippen LogP contribution in [-0.2, 0) is 4.79 Å². The molecule has 0 aromatic carbocycles. The van der Waals surface area contributed by atoms with Crippen LogP contribution in [0.15, 0.2) is 18.3 Å². The molecule has 0 aliphatic carbocycles. The van der Waals surface area contributed by atoms with Gasteiger partial charge in [-0.15, -0.1) is 0 Å². The van der Waals surface area contributed by atoms with Crippen LogP contribution in [-0.4, -0.2) is 41.1 Å². The minimum absolute atomic E-state index is 0.0615. The molecule has 20 heavy (non-hydrogen) atoms. The lowest BCUT2D eigenvalue weighted by molar-refractivity contribution is -0.120. The number of nitrogens with one attached hydrogen (secondary N) is 3.